The minimum absolute atomic E-state index is 0.120. The van der Waals surface area contributed by atoms with Crippen LogP contribution < -0.4 is 0 Å². The van der Waals surface area contributed by atoms with E-state index in [9.17, 15) is 22.0 Å². The van der Waals surface area contributed by atoms with E-state index in [1.54, 1.807) is 6.07 Å². The summed E-state index contributed by atoms with van der Waals surface area (Å²) in [6.07, 6.45) is 7.77. The fourth-order valence-electron chi connectivity index (χ4n) is 6.17. The van der Waals surface area contributed by atoms with Gasteiger partial charge >= 0.3 is 6.18 Å². The van der Waals surface area contributed by atoms with Gasteiger partial charge in [-0.05, 0) is 85.1 Å². The topological polar surface area (TPSA) is 0 Å². The van der Waals surface area contributed by atoms with E-state index in [-0.39, 0.29) is 11.1 Å². The van der Waals surface area contributed by atoms with Crippen LogP contribution in [0, 0.1) is 29.4 Å². The number of alkyl halides is 3. The second-order valence-electron chi connectivity index (χ2n) is 10.1. The first-order valence-corrected chi connectivity index (χ1v) is 12.4. The van der Waals surface area contributed by atoms with E-state index in [2.05, 4.69) is 6.92 Å². The Labute approximate surface area is 193 Å². The molecule has 0 spiro atoms. The molecule has 0 amide bonds. The van der Waals surface area contributed by atoms with Gasteiger partial charge in [0.25, 0.3) is 0 Å². The molecule has 4 unspecified atom stereocenters. The molecule has 2 aliphatic carbocycles. The molecule has 180 valence electrons. The summed E-state index contributed by atoms with van der Waals surface area (Å²) in [4.78, 5) is 0. The molecule has 0 saturated heterocycles. The Balaban J connectivity index is 1.42. The number of hydrogen-bond donors (Lipinski definition) is 0. The smallest absolute Gasteiger partial charge is 0.206 e. The maximum atomic E-state index is 14.9. The molecule has 0 radical (unpaired) electrons. The third-order valence-electron chi connectivity index (χ3n) is 7.99. The second kappa shape index (κ2) is 10.1. The maximum Gasteiger partial charge on any atom is 0.419 e. The molecule has 0 N–H and O–H groups in total. The lowest BCUT2D eigenvalue weighted by molar-refractivity contribution is -0.139. The average Bonchev–Trinajstić information content (AvgIpc) is 2.78. The van der Waals surface area contributed by atoms with Crippen LogP contribution >= 0.6 is 0 Å². The van der Waals surface area contributed by atoms with Gasteiger partial charge in [-0.2, -0.15) is 13.2 Å². The van der Waals surface area contributed by atoms with Gasteiger partial charge in [0.05, 0.1) is 5.56 Å². The molecule has 0 bridgehead atoms. The number of unbranched alkanes of at least 4 members (excludes halogenated alkanes) is 2. The highest BCUT2D eigenvalue weighted by Crippen LogP contribution is 2.48. The number of rotatable bonds is 6. The fourth-order valence-corrected chi connectivity index (χ4v) is 6.17. The van der Waals surface area contributed by atoms with E-state index < -0.39 is 23.4 Å². The minimum atomic E-state index is -4.77. The normalized spacial score (nSPS) is 25.6. The third kappa shape index (κ3) is 5.60. The fraction of sp³-hybridized carbons (Fsp3) is 0.571. The van der Waals surface area contributed by atoms with Crippen molar-refractivity contribution >= 4 is 0 Å². The zero-order valence-corrected chi connectivity index (χ0v) is 19.2. The zero-order chi connectivity index (χ0) is 23.6. The maximum absolute atomic E-state index is 14.9. The molecule has 4 atom stereocenters. The Morgan fingerprint density at radius 3 is 2.27 bits per heavy atom. The molecule has 2 fully saturated rings. The first-order chi connectivity index (χ1) is 15.8. The molecule has 4 rings (SSSR count). The Morgan fingerprint density at radius 1 is 0.818 bits per heavy atom. The summed E-state index contributed by atoms with van der Waals surface area (Å²) in [5.74, 6) is 0.797. The van der Waals surface area contributed by atoms with Crippen LogP contribution in [0.3, 0.4) is 0 Å². The van der Waals surface area contributed by atoms with Gasteiger partial charge in [-0.1, -0.05) is 57.2 Å². The second-order valence-corrected chi connectivity index (χ2v) is 10.1. The monoisotopic (exact) mass is 464 g/mol. The number of halogens is 5. The Morgan fingerprint density at radius 2 is 1.58 bits per heavy atom. The predicted octanol–water partition coefficient (Wildman–Crippen LogP) is 9.53. The molecule has 0 aromatic heterocycles. The van der Waals surface area contributed by atoms with Crippen LogP contribution in [-0.2, 0) is 6.18 Å². The molecule has 2 saturated carbocycles. The molecule has 2 aromatic rings. The van der Waals surface area contributed by atoms with Gasteiger partial charge in [-0.3, -0.25) is 0 Å². The quantitative estimate of drug-likeness (QED) is 0.295. The van der Waals surface area contributed by atoms with Gasteiger partial charge in [0.15, 0.2) is 0 Å². The SMILES string of the molecule is CCCCCC1CCC2CC(c3ccc(-c4ccc(C(F)(F)F)c(F)c4)c(F)c3)CCC2C1. The van der Waals surface area contributed by atoms with Crippen LogP contribution in [0.4, 0.5) is 22.0 Å². The summed E-state index contributed by atoms with van der Waals surface area (Å²) in [7, 11) is 0. The van der Waals surface area contributed by atoms with Crippen LogP contribution in [0.15, 0.2) is 36.4 Å². The van der Waals surface area contributed by atoms with Crippen LogP contribution in [0.2, 0.25) is 0 Å². The van der Waals surface area contributed by atoms with E-state index in [1.165, 1.54) is 57.4 Å². The Bertz CT molecular complexity index is 948. The largest absolute Gasteiger partial charge is 0.419 e. The van der Waals surface area contributed by atoms with Gasteiger partial charge in [0, 0.05) is 5.56 Å². The number of benzene rings is 2. The van der Waals surface area contributed by atoms with Crippen LogP contribution in [0.1, 0.15) is 88.2 Å². The molecule has 0 heterocycles. The molecular weight excluding hydrogens is 431 g/mol. The van der Waals surface area contributed by atoms with Crippen molar-refractivity contribution in [2.75, 3.05) is 0 Å². The summed E-state index contributed by atoms with van der Waals surface area (Å²) < 4.78 is 67.4. The first-order valence-electron chi connectivity index (χ1n) is 12.4. The summed E-state index contributed by atoms with van der Waals surface area (Å²) >= 11 is 0. The Hall–Kier alpha value is -1.91. The van der Waals surface area contributed by atoms with Crippen molar-refractivity contribution in [3.8, 4) is 11.1 Å². The molecule has 2 aromatic carbocycles. The van der Waals surface area contributed by atoms with Crippen molar-refractivity contribution in [3.63, 3.8) is 0 Å². The van der Waals surface area contributed by atoms with Crippen molar-refractivity contribution in [2.24, 2.45) is 17.8 Å². The van der Waals surface area contributed by atoms with E-state index >= 15 is 0 Å². The summed E-state index contributed by atoms with van der Waals surface area (Å²) in [6, 6.07) is 7.54. The number of fused-ring (bicyclic) bond motifs is 1. The lowest BCUT2D eigenvalue weighted by atomic mass is 9.63. The van der Waals surface area contributed by atoms with E-state index in [0.717, 1.165) is 42.4 Å². The van der Waals surface area contributed by atoms with Gasteiger partial charge in [-0.25, -0.2) is 8.78 Å². The lowest BCUT2D eigenvalue weighted by Crippen LogP contribution is -2.30. The molecule has 2 aliphatic rings. The summed E-state index contributed by atoms with van der Waals surface area (Å²) in [5, 5.41) is 0. The summed E-state index contributed by atoms with van der Waals surface area (Å²) in [6.45, 7) is 2.25. The van der Waals surface area contributed by atoms with Gasteiger partial charge in [0.2, 0.25) is 0 Å². The zero-order valence-electron chi connectivity index (χ0n) is 19.2. The third-order valence-corrected chi connectivity index (χ3v) is 7.99. The first kappa shape index (κ1) is 24.2. The predicted molar refractivity (Wildman–Crippen MR) is 122 cm³/mol. The van der Waals surface area contributed by atoms with Crippen LogP contribution in [0.25, 0.3) is 11.1 Å². The van der Waals surface area contributed by atoms with Crippen molar-refractivity contribution in [1.82, 2.24) is 0 Å². The van der Waals surface area contributed by atoms with E-state index in [1.807, 2.05) is 6.07 Å². The van der Waals surface area contributed by atoms with Crippen molar-refractivity contribution in [3.05, 3.63) is 59.2 Å². The van der Waals surface area contributed by atoms with Crippen LogP contribution in [-0.4, -0.2) is 0 Å². The van der Waals surface area contributed by atoms with E-state index in [4.69, 9.17) is 0 Å². The molecular formula is C28H33F5. The van der Waals surface area contributed by atoms with Gasteiger partial charge in [0.1, 0.15) is 11.6 Å². The van der Waals surface area contributed by atoms with Crippen molar-refractivity contribution in [2.45, 2.75) is 83.2 Å². The van der Waals surface area contributed by atoms with Crippen molar-refractivity contribution in [1.29, 1.82) is 0 Å². The molecule has 0 aliphatic heterocycles. The highest BCUT2D eigenvalue weighted by Gasteiger charge is 2.36. The highest BCUT2D eigenvalue weighted by molar-refractivity contribution is 5.65. The van der Waals surface area contributed by atoms with Crippen molar-refractivity contribution < 1.29 is 22.0 Å². The average molecular weight is 465 g/mol. The highest BCUT2D eigenvalue weighted by atomic mass is 19.4. The van der Waals surface area contributed by atoms with Crippen LogP contribution in [0.5, 0.6) is 0 Å². The molecule has 33 heavy (non-hydrogen) atoms. The summed E-state index contributed by atoms with van der Waals surface area (Å²) in [5.41, 5.74) is -0.130. The van der Waals surface area contributed by atoms with Gasteiger partial charge < -0.3 is 0 Å². The molecule has 0 nitrogen and oxygen atoms in total. The Kier molecular flexibility index (Phi) is 7.45. The minimum Gasteiger partial charge on any atom is -0.206 e. The van der Waals surface area contributed by atoms with E-state index in [0.29, 0.717) is 17.9 Å². The standard InChI is InChI=1S/C28H33F5/c1-2-3-4-5-18-6-7-20-15-21(9-8-19(20)14-18)22-10-12-24(26(29)16-22)23-11-13-25(27(30)17-23)28(31,32)33/h10-13,16-21H,2-9,14-15H2,1H3. The van der Waals surface area contributed by atoms with Gasteiger partial charge in [-0.15, -0.1) is 0 Å². The molecule has 5 heteroatoms. The number of hydrogen-bond acceptors (Lipinski definition) is 0. The lowest BCUT2D eigenvalue weighted by Gasteiger charge is -2.42.